The number of nitro benzene ring substituents is 1. The lowest BCUT2D eigenvalue weighted by molar-refractivity contribution is -0.386. The predicted molar refractivity (Wildman–Crippen MR) is 98.0 cm³/mol. The first-order valence-corrected chi connectivity index (χ1v) is 8.68. The molecule has 0 saturated carbocycles. The fourth-order valence-electron chi connectivity index (χ4n) is 2.01. The molecule has 2 aromatic heterocycles. The highest BCUT2D eigenvalue weighted by Crippen LogP contribution is 2.36. The number of thiophene rings is 1. The van der Waals surface area contributed by atoms with E-state index in [1.807, 2.05) is 22.9 Å². The van der Waals surface area contributed by atoms with Crippen molar-refractivity contribution in [1.82, 2.24) is 4.98 Å². The molecule has 128 valence electrons. The molecule has 0 aliphatic carbocycles. The first kappa shape index (κ1) is 16.9. The van der Waals surface area contributed by atoms with Gasteiger partial charge in [0.15, 0.2) is 5.75 Å². The van der Waals surface area contributed by atoms with Crippen LogP contribution in [0.4, 0.5) is 10.8 Å². The van der Waals surface area contributed by atoms with Gasteiger partial charge in [-0.15, -0.1) is 22.7 Å². The Balaban J connectivity index is 1.76. The van der Waals surface area contributed by atoms with Gasteiger partial charge in [-0.05, 0) is 17.5 Å². The van der Waals surface area contributed by atoms with E-state index in [-0.39, 0.29) is 5.75 Å². The van der Waals surface area contributed by atoms with Crippen molar-refractivity contribution in [3.05, 3.63) is 50.7 Å². The third-order valence-corrected chi connectivity index (χ3v) is 4.78. The van der Waals surface area contributed by atoms with Crippen LogP contribution in [0.15, 0.2) is 40.1 Å². The van der Waals surface area contributed by atoms with E-state index in [0.717, 1.165) is 10.6 Å². The van der Waals surface area contributed by atoms with E-state index in [9.17, 15) is 15.2 Å². The summed E-state index contributed by atoms with van der Waals surface area (Å²) in [6.45, 7) is 0. The van der Waals surface area contributed by atoms with Gasteiger partial charge in [-0.3, -0.25) is 15.5 Å². The average Bonchev–Trinajstić information content (AvgIpc) is 3.26. The van der Waals surface area contributed by atoms with E-state index in [1.54, 1.807) is 11.3 Å². The topological polar surface area (TPSA) is 110 Å². The maximum absolute atomic E-state index is 11.0. The van der Waals surface area contributed by atoms with E-state index in [4.69, 9.17) is 4.74 Å². The molecule has 0 radical (unpaired) electrons. The molecule has 0 amide bonds. The van der Waals surface area contributed by atoms with Crippen molar-refractivity contribution in [2.75, 3.05) is 12.5 Å². The normalized spacial score (nSPS) is 10.9. The van der Waals surface area contributed by atoms with Crippen molar-refractivity contribution >= 4 is 39.7 Å². The van der Waals surface area contributed by atoms with Crippen molar-refractivity contribution in [3.63, 3.8) is 0 Å². The number of hydrogen-bond acceptors (Lipinski definition) is 9. The molecule has 0 aliphatic heterocycles. The summed E-state index contributed by atoms with van der Waals surface area (Å²) in [4.78, 5) is 15.8. The first-order valence-electron chi connectivity index (χ1n) is 6.92. The second kappa shape index (κ2) is 7.28. The Morgan fingerprint density at radius 1 is 1.44 bits per heavy atom. The number of aromatic hydroxyl groups is 1. The van der Waals surface area contributed by atoms with Gasteiger partial charge in [-0.25, -0.2) is 4.98 Å². The summed E-state index contributed by atoms with van der Waals surface area (Å²) in [5.74, 6) is -0.511. The summed E-state index contributed by atoms with van der Waals surface area (Å²) >= 11 is 3.00. The number of nitro groups is 1. The van der Waals surface area contributed by atoms with E-state index < -0.39 is 16.4 Å². The summed E-state index contributed by atoms with van der Waals surface area (Å²) in [7, 11) is 1.32. The molecule has 0 fully saturated rings. The van der Waals surface area contributed by atoms with Gasteiger partial charge in [-0.2, -0.15) is 5.10 Å². The Kier molecular flexibility index (Phi) is 4.91. The smallest absolute Gasteiger partial charge is 0.315 e. The molecular formula is C15H12N4O4S2. The van der Waals surface area contributed by atoms with E-state index in [1.165, 1.54) is 36.8 Å². The quantitative estimate of drug-likeness (QED) is 0.383. The minimum atomic E-state index is -0.684. The lowest BCUT2D eigenvalue weighted by atomic mass is 10.2. The number of hydrazone groups is 1. The number of nitrogens with one attached hydrogen (secondary N) is 1. The molecule has 0 atom stereocenters. The van der Waals surface area contributed by atoms with E-state index in [0.29, 0.717) is 10.7 Å². The second-order valence-corrected chi connectivity index (χ2v) is 6.54. The number of aromatic nitrogens is 1. The molecule has 3 rings (SSSR count). The fourth-order valence-corrected chi connectivity index (χ4v) is 3.43. The Bertz CT molecular complexity index is 922. The van der Waals surface area contributed by atoms with Crippen LogP contribution in [0, 0.1) is 10.1 Å². The Morgan fingerprint density at radius 2 is 2.28 bits per heavy atom. The highest BCUT2D eigenvalue weighted by Gasteiger charge is 2.19. The van der Waals surface area contributed by atoms with E-state index >= 15 is 0 Å². The molecule has 10 heteroatoms. The SMILES string of the molecule is COc1cc(/C=N\Nc2nc(-c3cccs3)cs2)cc([N+](=O)[O-])c1O. The standard InChI is InChI=1S/C15H12N4O4S2/c1-23-12-6-9(5-11(14(12)20)19(21)22)7-16-18-15-17-10(8-25-15)13-3-2-4-24-13/h2-8,20H,1H3,(H,17,18)/b16-7-. The summed E-state index contributed by atoms with van der Waals surface area (Å²) in [5, 5.41) is 29.2. The van der Waals surface area contributed by atoms with E-state index in [2.05, 4.69) is 15.5 Å². The molecular weight excluding hydrogens is 364 g/mol. The van der Waals surface area contributed by atoms with Crippen molar-refractivity contribution in [2.45, 2.75) is 0 Å². The summed E-state index contributed by atoms with van der Waals surface area (Å²) in [5.41, 5.74) is 3.60. The van der Waals surface area contributed by atoms with Gasteiger partial charge in [0.1, 0.15) is 0 Å². The maximum Gasteiger partial charge on any atom is 0.315 e. The molecule has 0 spiro atoms. The Morgan fingerprint density at radius 3 is 2.96 bits per heavy atom. The average molecular weight is 376 g/mol. The van der Waals surface area contributed by atoms with Crippen LogP contribution < -0.4 is 10.2 Å². The number of rotatable bonds is 6. The highest BCUT2D eigenvalue weighted by molar-refractivity contribution is 7.15. The van der Waals surface area contributed by atoms with Gasteiger partial charge in [0, 0.05) is 17.0 Å². The molecule has 0 bridgehead atoms. The van der Waals surface area contributed by atoms with Gasteiger partial charge in [0.05, 0.1) is 28.8 Å². The summed E-state index contributed by atoms with van der Waals surface area (Å²) < 4.78 is 4.94. The van der Waals surface area contributed by atoms with Crippen molar-refractivity contribution in [2.24, 2.45) is 5.10 Å². The number of thiazole rings is 1. The minimum absolute atomic E-state index is 0.00452. The molecule has 2 heterocycles. The molecule has 1 aromatic carbocycles. The van der Waals surface area contributed by atoms with Crippen LogP contribution in [0.25, 0.3) is 10.6 Å². The molecule has 0 saturated heterocycles. The monoisotopic (exact) mass is 376 g/mol. The molecule has 8 nitrogen and oxygen atoms in total. The molecule has 2 N–H and O–H groups in total. The lowest BCUT2D eigenvalue weighted by Crippen LogP contribution is -1.96. The number of phenolic OH excluding ortho intramolecular Hbond substituents is 1. The van der Waals surface area contributed by atoms with Crippen LogP contribution in [0.1, 0.15) is 5.56 Å². The molecule has 0 aliphatic rings. The predicted octanol–water partition coefficient (Wildman–Crippen LogP) is 3.94. The maximum atomic E-state index is 11.0. The number of ether oxygens (including phenoxy) is 1. The number of anilines is 1. The second-order valence-electron chi connectivity index (χ2n) is 4.73. The zero-order valence-electron chi connectivity index (χ0n) is 12.9. The number of benzene rings is 1. The van der Waals surface area contributed by atoms with Gasteiger partial charge in [0.2, 0.25) is 10.9 Å². The molecule has 25 heavy (non-hydrogen) atoms. The zero-order valence-corrected chi connectivity index (χ0v) is 14.5. The molecule has 0 unspecified atom stereocenters. The summed E-state index contributed by atoms with van der Waals surface area (Å²) in [6, 6.07) is 6.60. The third kappa shape index (κ3) is 3.75. The Labute approximate surface area is 150 Å². The third-order valence-electron chi connectivity index (χ3n) is 3.15. The zero-order chi connectivity index (χ0) is 17.8. The van der Waals surface area contributed by atoms with Crippen LogP contribution in [0.5, 0.6) is 11.5 Å². The Hall–Kier alpha value is -2.98. The minimum Gasteiger partial charge on any atom is -0.500 e. The van der Waals surface area contributed by atoms with Gasteiger partial charge in [-0.1, -0.05) is 6.07 Å². The lowest BCUT2D eigenvalue weighted by Gasteiger charge is -2.04. The number of methoxy groups -OCH3 is 1. The largest absolute Gasteiger partial charge is 0.500 e. The fraction of sp³-hybridized carbons (Fsp3) is 0.0667. The van der Waals surface area contributed by atoms with Crippen LogP contribution in [-0.2, 0) is 0 Å². The van der Waals surface area contributed by atoms with Gasteiger partial charge < -0.3 is 9.84 Å². The number of nitrogens with zero attached hydrogens (tertiary/aromatic N) is 3. The van der Waals surface area contributed by atoms with Crippen molar-refractivity contribution in [3.8, 4) is 22.1 Å². The van der Waals surface area contributed by atoms with Crippen molar-refractivity contribution in [1.29, 1.82) is 0 Å². The summed E-state index contributed by atoms with van der Waals surface area (Å²) in [6.07, 6.45) is 1.39. The number of phenols is 1. The van der Waals surface area contributed by atoms with Gasteiger partial charge in [0.25, 0.3) is 0 Å². The van der Waals surface area contributed by atoms with Crippen LogP contribution in [-0.4, -0.2) is 28.3 Å². The number of hydrogen-bond donors (Lipinski definition) is 2. The van der Waals surface area contributed by atoms with Crippen LogP contribution >= 0.6 is 22.7 Å². The van der Waals surface area contributed by atoms with Crippen LogP contribution in [0.3, 0.4) is 0 Å². The molecule has 3 aromatic rings. The first-order chi connectivity index (χ1) is 12.1. The van der Waals surface area contributed by atoms with Crippen molar-refractivity contribution < 1.29 is 14.8 Å². The van der Waals surface area contributed by atoms with Crippen LogP contribution in [0.2, 0.25) is 0 Å². The highest BCUT2D eigenvalue weighted by atomic mass is 32.1. The van der Waals surface area contributed by atoms with Gasteiger partial charge >= 0.3 is 5.69 Å².